The third-order valence-corrected chi connectivity index (χ3v) is 9.33. The molecular weight excluding hydrogens is 459 g/mol. The molecule has 5 aromatic rings. The van der Waals surface area contributed by atoms with Crippen LogP contribution in [-0.4, -0.2) is 10.9 Å². The van der Waals surface area contributed by atoms with Gasteiger partial charge in [-0.1, -0.05) is 6.92 Å². The summed E-state index contributed by atoms with van der Waals surface area (Å²) in [5.41, 5.74) is 2.68. The smallest absolute Gasteiger partial charge is 0.160 e. The van der Waals surface area contributed by atoms with E-state index in [0.29, 0.717) is 0 Å². The van der Waals surface area contributed by atoms with Gasteiger partial charge in [-0.25, -0.2) is 0 Å². The van der Waals surface area contributed by atoms with Crippen LogP contribution in [0.1, 0.15) is 47.4 Å². The highest BCUT2D eigenvalue weighted by Crippen LogP contribution is 2.41. The van der Waals surface area contributed by atoms with Crippen LogP contribution in [0.25, 0.3) is 44.7 Å². The predicted octanol–water partition coefficient (Wildman–Crippen LogP) is 8.91. The zero-order chi connectivity index (χ0) is 21.4. The molecule has 0 aliphatic rings. The Morgan fingerprint density at radius 2 is 1.29 bits per heavy atom. The number of aryl methyl sites for hydroxylation is 2. The van der Waals surface area contributed by atoms with Gasteiger partial charge in [-0.15, -0.1) is 45.3 Å². The summed E-state index contributed by atoms with van der Waals surface area (Å²) >= 11 is 7.08. The van der Waals surface area contributed by atoms with Crippen molar-refractivity contribution in [2.45, 2.75) is 26.8 Å². The molecule has 0 saturated heterocycles. The molecule has 31 heavy (non-hydrogen) atoms. The normalized spacial score (nSPS) is 12.3. The molecule has 0 atom stereocenters. The summed E-state index contributed by atoms with van der Waals surface area (Å²) in [4.78, 5) is 18.0. The number of hydrogen-bond acceptors (Lipinski definition) is 5. The van der Waals surface area contributed by atoms with E-state index in [2.05, 4.69) is 67.0 Å². The number of aldehydes is 1. The van der Waals surface area contributed by atoms with E-state index >= 15 is 0 Å². The lowest BCUT2D eigenvalue weighted by molar-refractivity contribution is 0.112. The fourth-order valence-corrected chi connectivity index (χ4v) is 7.46. The van der Waals surface area contributed by atoms with E-state index in [-0.39, 0.29) is 0 Å². The van der Waals surface area contributed by atoms with Crippen LogP contribution in [0, 0.1) is 6.92 Å². The van der Waals surface area contributed by atoms with Crippen LogP contribution in [0.3, 0.4) is 0 Å². The Kier molecular flexibility index (Phi) is 5.80. The third kappa shape index (κ3) is 4.13. The Morgan fingerprint density at radius 3 is 1.81 bits per heavy atom. The van der Waals surface area contributed by atoms with Crippen LogP contribution in [0.4, 0.5) is 0 Å². The van der Waals surface area contributed by atoms with E-state index in [0.717, 1.165) is 29.0 Å². The first-order valence-corrected chi connectivity index (χ1v) is 13.4. The van der Waals surface area contributed by atoms with Crippen LogP contribution in [-0.2, 0) is 6.54 Å². The van der Waals surface area contributed by atoms with Gasteiger partial charge in [0.2, 0.25) is 0 Å². The first-order chi connectivity index (χ1) is 15.1. The van der Waals surface area contributed by atoms with Crippen LogP contribution in [0.5, 0.6) is 0 Å². The minimum absolute atomic E-state index is 0.768. The number of carbonyl (C=O) groups excluding carboxylic acids is 1. The Balaban J connectivity index is 1.51. The molecule has 156 valence electrons. The maximum atomic E-state index is 10.9. The second kappa shape index (κ2) is 8.71. The number of carbonyl (C=O) groups is 1. The van der Waals surface area contributed by atoms with Crippen molar-refractivity contribution in [2.24, 2.45) is 0 Å². The van der Waals surface area contributed by atoms with E-state index < -0.39 is 0 Å². The van der Waals surface area contributed by atoms with Crippen molar-refractivity contribution in [3.63, 3.8) is 0 Å². The molecule has 5 heterocycles. The van der Waals surface area contributed by atoms with E-state index in [9.17, 15) is 4.79 Å². The van der Waals surface area contributed by atoms with Gasteiger partial charge in [-0.3, -0.25) is 4.79 Å². The lowest BCUT2D eigenvalue weighted by Crippen LogP contribution is -1.94. The molecule has 0 bridgehead atoms. The second-order valence-corrected chi connectivity index (χ2v) is 12.0. The maximum absolute atomic E-state index is 10.9. The Labute approximate surface area is 197 Å². The topological polar surface area (TPSA) is 22.0 Å². The average Bonchev–Trinajstić information content (AvgIpc) is 3.56. The Hall–Kier alpha value is -2.25. The molecule has 0 fully saturated rings. The van der Waals surface area contributed by atoms with Crippen LogP contribution in [0.2, 0.25) is 0 Å². The fourth-order valence-electron chi connectivity index (χ4n) is 3.68. The Morgan fingerprint density at radius 1 is 0.742 bits per heavy atom. The molecule has 0 aromatic carbocycles. The minimum Gasteiger partial charge on any atom is -0.339 e. The zero-order valence-corrected chi connectivity index (χ0v) is 20.5. The highest BCUT2D eigenvalue weighted by Gasteiger charge is 2.16. The molecule has 2 nitrogen and oxygen atoms in total. The Bertz CT molecular complexity index is 1430. The first-order valence-electron chi connectivity index (χ1n) is 10.2. The third-order valence-electron chi connectivity index (χ3n) is 5.05. The lowest BCUT2D eigenvalue weighted by atomic mass is 10.3. The number of hydrogen-bond donors (Lipinski definition) is 0. The minimum atomic E-state index is 0.768. The van der Waals surface area contributed by atoms with Gasteiger partial charge < -0.3 is 4.57 Å². The van der Waals surface area contributed by atoms with Crippen molar-refractivity contribution in [1.29, 1.82) is 0 Å². The summed E-state index contributed by atoms with van der Waals surface area (Å²) in [6, 6.07) is 12.9. The summed E-state index contributed by atoms with van der Waals surface area (Å²) in [5, 5.41) is 0. The molecule has 0 unspecified atom stereocenters. The average molecular weight is 480 g/mol. The van der Waals surface area contributed by atoms with Crippen molar-refractivity contribution in [1.82, 2.24) is 4.57 Å². The number of aromatic nitrogens is 1. The van der Waals surface area contributed by atoms with Gasteiger partial charge in [-0.2, -0.15) is 0 Å². The molecule has 5 rings (SSSR count). The van der Waals surface area contributed by atoms with Crippen molar-refractivity contribution in [3.8, 4) is 0 Å². The van der Waals surface area contributed by atoms with Gasteiger partial charge in [0, 0.05) is 30.9 Å². The molecular formula is C25H21NOS4. The molecule has 5 aromatic heterocycles. The molecule has 0 saturated carbocycles. The SMILES string of the molecule is CCCn1c2cc(C=Cc3ccc(C)s3)sc2c2sc(C=Cc3ccc(C=O)s3)cc21. The maximum Gasteiger partial charge on any atom is 0.160 e. The molecule has 0 aliphatic heterocycles. The van der Waals surface area contributed by atoms with Crippen molar-refractivity contribution in [3.05, 3.63) is 65.7 Å². The van der Waals surface area contributed by atoms with Gasteiger partial charge >= 0.3 is 0 Å². The molecule has 0 radical (unpaired) electrons. The lowest BCUT2D eigenvalue weighted by Gasteiger charge is -2.02. The highest BCUT2D eigenvalue weighted by molar-refractivity contribution is 7.28. The number of thiophene rings is 4. The van der Waals surface area contributed by atoms with Gasteiger partial charge in [-0.05, 0) is 74.0 Å². The van der Waals surface area contributed by atoms with Gasteiger partial charge in [0.05, 0.1) is 25.3 Å². The van der Waals surface area contributed by atoms with Crippen molar-refractivity contribution in [2.75, 3.05) is 0 Å². The van der Waals surface area contributed by atoms with E-state index in [1.165, 1.54) is 51.3 Å². The van der Waals surface area contributed by atoms with Crippen LogP contribution in [0.15, 0.2) is 36.4 Å². The van der Waals surface area contributed by atoms with E-state index in [1.807, 2.05) is 46.1 Å². The summed E-state index contributed by atoms with van der Waals surface area (Å²) < 4.78 is 5.23. The van der Waals surface area contributed by atoms with Gasteiger partial charge in [0.15, 0.2) is 6.29 Å². The number of nitrogens with zero attached hydrogens (tertiary/aromatic N) is 1. The predicted molar refractivity (Wildman–Crippen MR) is 142 cm³/mol. The highest BCUT2D eigenvalue weighted by atomic mass is 32.1. The quantitative estimate of drug-likeness (QED) is 0.214. The molecule has 0 spiro atoms. The standard InChI is InChI=1S/C25H21NOS4/c1-3-12-26-22-13-19(9-6-17-5-4-16(2)28-17)30-24(22)25-23(26)14-20(31-25)10-7-18-8-11-21(15-27)29-18/h4-11,13-15H,3,12H2,1-2H3. The van der Waals surface area contributed by atoms with Crippen molar-refractivity contribution < 1.29 is 4.79 Å². The number of rotatable bonds is 7. The van der Waals surface area contributed by atoms with Crippen LogP contribution >= 0.6 is 45.3 Å². The first kappa shape index (κ1) is 20.6. The molecule has 6 heteroatoms. The summed E-state index contributed by atoms with van der Waals surface area (Å²) in [6.45, 7) is 5.41. The summed E-state index contributed by atoms with van der Waals surface area (Å²) in [7, 11) is 0. The molecule has 0 aliphatic carbocycles. The van der Waals surface area contributed by atoms with Gasteiger partial charge in [0.1, 0.15) is 0 Å². The van der Waals surface area contributed by atoms with E-state index in [4.69, 9.17) is 0 Å². The monoisotopic (exact) mass is 479 g/mol. The van der Waals surface area contributed by atoms with Crippen LogP contribution < -0.4 is 0 Å². The second-order valence-electron chi connectivity index (χ2n) is 7.35. The largest absolute Gasteiger partial charge is 0.339 e. The molecule has 0 N–H and O–H groups in total. The zero-order valence-electron chi connectivity index (χ0n) is 17.3. The summed E-state index contributed by atoms with van der Waals surface area (Å²) in [5.74, 6) is 0. The van der Waals surface area contributed by atoms with E-state index in [1.54, 1.807) is 0 Å². The summed E-state index contributed by atoms with van der Waals surface area (Å²) in [6.07, 6.45) is 10.8. The van der Waals surface area contributed by atoms with Gasteiger partial charge in [0.25, 0.3) is 0 Å². The number of fused-ring (bicyclic) bond motifs is 3. The molecule has 0 amide bonds. The van der Waals surface area contributed by atoms with Crippen molar-refractivity contribution >= 4 is 96.4 Å². The fraction of sp³-hybridized carbons (Fsp3) is 0.160.